The summed E-state index contributed by atoms with van der Waals surface area (Å²) in [6, 6.07) is 25.5. The fourth-order valence-electron chi connectivity index (χ4n) is 1.64. The van der Waals surface area contributed by atoms with Gasteiger partial charge in [0.15, 0.2) is 0 Å². The molecule has 100 valence electrons. The van der Waals surface area contributed by atoms with E-state index in [4.69, 9.17) is 5.84 Å². The van der Waals surface area contributed by atoms with Crippen LogP contribution in [0, 0.1) is 0 Å². The molecule has 0 aliphatic carbocycles. The quantitative estimate of drug-likeness (QED) is 0.565. The molecule has 1 heterocycles. The molecule has 3 nitrogen and oxygen atoms in total. The standard InChI is InChI=1S/C12H12N2.C5H5N/c13-14(11-7-3-1-4-8-11)12-9-5-2-6-10-12;1-2-4-6-5-3-1/h1-10H,13H2;1-5H. The van der Waals surface area contributed by atoms with Gasteiger partial charge in [0.1, 0.15) is 0 Å². The van der Waals surface area contributed by atoms with Gasteiger partial charge in [-0.25, -0.2) is 5.84 Å². The molecule has 2 aromatic carbocycles. The minimum atomic E-state index is 0.985. The highest BCUT2D eigenvalue weighted by Gasteiger charge is 2.01. The van der Waals surface area contributed by atoms with Gasteiger partial charge in [-0.05, 0) is 36.4 Å². The number of benzene rings is 2. The predicted octanol–water partition coefficient (Wildman–Crippen LogP) is 3.78. The molecule has 3 heteroatoms. The third kappa shape index (κ3) is 4.23. The van der Waals surface area contributed by atoms with E-state index in [9.17, 15) is 0 Å². The summed E-state index contributed by atoms with van der Waals surface area (Å²) in [7, 11) is 0. The molecule has 20 heavy (non-hydrogen) atoms. The van der Waals surface area contributed by atoms with Gasteiger partial charge in [0.05, 0.1) is 11.4 Å². The van der Waals surface area contributed by atoms with Crippen molar-refractivity contribution < 1.29 is 0 Å². The van der Waals surface area contributed by atoms with E-state index in [1.54, 1.807) is 17.4 Å². The van der Waals surface area contributed by atoms with E-state index in [-0.39, 0.29) is 0 Å². The van der Waals surface area contributed by atoms with Crippen molar-refractivity contribution in [3.05, 3.63) is 91.3 Å². The van der Waals surface area contributed by atoms with E-state index >= 15 is 0 Å². The molecule has 0 saturated carbocycles. The van der Waals surface area contributed by atoms with Crippen molar-refractivity contribution in [1.29, 1.82) is 0 Å². The zero-order valence-corrected chi connectivity index (χ0v) is 11.1. The minimum Gasteiger partial charge on any atom is -0.280 e. The average Bonchev–Trinajstić information content (AvgIpc) is 2.58. The van der Waals surface area contributed by atoms with Crippen LogP contribution in [0.4, 0.5) is 11.4 Å². The van der Waals surface area contributed by atoms with E-state index in [0.29, 0.717) is 0 Å². The normalized spacial score (nSPS) is 9.25. The predicted molar refractivity (Wildman–Crippen MR) is 83.4 cm³/mol. The number of hydrazine groups is 1. The number of rotatable bonds is 2. The molecular formula is C17H17N3. The van der Waals surface area contributed by atoms with Crippen LogP contribution in [0.25, 0.3) is 0 Å². The number of anilines is 2. The summed E-state index contributed by atoms with van der Waals surface area (Å²) < 4.78 is 0. The molecular weight excluding hydrogens is 246 g/mol. The molecule has 0 saturated heterocycles. The summed E-state index contributed by atoms with van der Waals surface area (Å²) in [5.41, 5.74) is 1.97. The molecule has 0 bridgehead atoms. The molecule has 0 fully saturated rings. The Morgan fingerprint density at radius 2 is 1.00 bits per heavy atom. The van der Waals surface area contributed by atoms with E-state index in [1.165, 1.54) is 0 Å². The van der Waals surface area contributed by atoms with Crippen molar-refractivity contribution in [2.75, 3.05) is 5.01 Å². The first-order valence-electron chi connectivity index (χ1n) is 6.38. The molecule has 0 spiro atoms. The van der Waals surface area contributed by atoms with Crippen LogP contribution >= 0.6 is 0 Å². The average molecular weight is 263 g/mol. The third-order valence-electron chi connectivity index (χ3n) is 2.64. The largest absolute Gasteiger partial charge is 0.280 e. The van der Waals surface area contributed by atoms with Gasteiger partial charge in [-0.1, -0.05) is 42.5 Å². The monoisotopic (exact) mass is 263 g/mol. The Balaban J connectivity index is 0.000000205. The molecule has 3 rings (SSSR count). The highest BCUT2D eigenvalue weighted by molar-refractivity contribution is 5.60. The minimum absolute atomic E-state index is 0.985. The number of hydrogen-bond acceptors (Lipinski definition) is 3. The van der Waals surface area contributed by atoms with Gasteiger partial charge < -0.3 is 0 Å². The van der Waals surface area contributed by atoms with Gasteiger partial charge in [0.25, 0.3) is 0 Å². The van der Waals surface area contributed by atoms with Crippen LogP contribution in [-0.2, 0) is 0 Å². The molecule has 0 aliphatic rings. The van der Waals surface area contributed by atoms with Crippen LogP contribution < -0.4 is 10.9 Å². The number of pyridine rings is 1. The van der Waals surface area contributed by atoms with Crippen LogP contribution in [0.2, 0.25) is 0 Å². The zero-order chi connectivity index (χ0) is 14.0. The number of nitrogens with zero attached hydrogens (tertiary/aromatic N) is 2. The lowest BCUT2D eigenvalue weighted by atomic mass is 10.2. The Labute approximate surface area is 119 Å². The molecule has 2 N–H and O–H groups in total. The van der Waals surface area contributed by atoms with Gasteiger partial charge in [-0.15, -0.1) is 0 Å². The second-order valence-electron chi connectivity index (χ2n) is 4.07. The molecule has 1 aromatic heterocycles. The summed E-state index contributed by atoms with van der Waals surface area (Å²) in [6.45, 7) is 0. The van der Waals surface area contributed by atoms with Crippen LogP contribution in [0.15, 0.2) is 91.3 Å². The number of nitrogens with two attached hydrogens (primary N) is 1. The first kappa shape index (κ1) is 13.8. The lowest BCUT2D eigenvalue weighted by molar-refractivity contribution is 1.09. The second kappa shape index (κ2) is 7.71. The third-order valence-corrected chi connectivity index (χ3v) is 2.64. The van der Waals surface area contributed by atoms with Crippen molar-refractivity contribution in [3.8, 4) is 0 Å². The summed E-state index contributed by atoms with van der Waals surface area (Å²) in [5, 5.41) is 1.67. The highest BCUT2D eigenvalue weighted by atomic mass is 15.4. The lowest BCUT2D eigenvalue weighted by Gasteiger charge is -2.18. The summed E-state index contributed by atoms with van der Waals surface area (Å²) in [4.78, 5) is 3.78. The molecule has 0 atom stereocenters. The van der Waals surface area contributed by atoms with E-state index in [2.05, 4.69) is 4.98 Å². The Morgan fingerprint density at radius 1 is 0.600 bits per heavy atom. The molecule has 0 aliphatic heterocycles. The number of para-hydroxylation sites is 2. The van der Waals surface area contributed by atoms with E-state index in [1.807, 2.05) is 78.9 Å². The first-order valence-corrected chi connectivity index (χ1v) is 6.38. The topological polar surface area (TPSA) is 42.1 Å². The van der Waals surface area contributed by atoms with E-state index in [0.717, 1.165) is 11.4 Å². The lowest BCUT2D eigenvalue weighted by Crippen LogP contribution is -2.24. The fourth-order valence-corrected chi connectivity index (χ4v) is 1.64. The van der Waals surface area contributed by atoms with Crippen LogP contribution in [0.1, 0.15) is 0 Å². The molecule has 0 radical (unpaired) electrons. The SMILES string of the molecule is NN(c1ccccc1)c1ccccc1.c1ccncc1. The van der Waals surface area contributed by atoms with Crippen molar-refractivity contribution >= 4 is 11.4 Å². The molecule has 0 unspecified atom stereocenters. The van der Waals surface area contributed by atoms with Crippen molar-refractivity contribution in [3.63, 3.8) is 0 Å². The van der Waals surface area contributed by atoms with Crippen LogP contribution in [0.5, 0.6) is 0 Å². The fraction of sp³-hybridized carbons (Fsp3) is 0. The van der Waals surface area contributed by atoms with Crippen LogP contribution in [0.3, 0.4) is 0 Å². The Hall–Kier alpha value is -2.65. The summed E-state index contributed by atoms with van der Waals surface area (Å²) >= 11 is 0. The number of hydrogen-bond donors (Lipinski definition) is 1. The first-order chi connectivity index (χ1) is 9.88. The summed E-state index contributed by atoms with van der Waals surface area (Å²) in [5.74, 6) is 5.95. The smallest absolute Gasteiger partial charge is 0.0575 e. The molecule has 0 amide bonds. The van der Waals surface area contributed by atoms with Gasteiger partial charge >= 0.3 is 0 Å². The number of aromatic nitrogens is 1. The zero-order valence-electron chi connectivity index (χ0n) is 11.1. The Morgan fingerprint density at radius 3 is 1.30 bits per heavy atom. The van der Waals surface area contributed by atoms with Crippen molar-refractivity contribution in [2.45, 2.75) is 0 Å². The van der Waals surface area contributed by atoms with Gasteiger partial charge in [0, 0.05) is 12.4 Å². The van der Waals surface area contributed by atoms with Crippen LogP contribution in [-0.4, -0.2) is 4.98 Å². The Bertz CT molecular complexity index is 516. The van der Waals surface area contributed by atoms with Gasteiger partial charge in [-0.3, -0.25) is 9.99 Å². The maximum atomic E-state index is 5.95. The Kier molecular flexibility index (Phi) is 5.31. The van der Waals surface area contributed by atoms with Gasteiger partial charge in [-0.2, -0.15) is 0 Å². The second-order valence-corrected chi connectivity index (χ2v) is 4.07. The van der Waals surface area contributed by atoms with Crippen molar-refractivity contribution in [1.82, 2.24) is 4.98 Å². The molecule has 3 aromatic rings. The maximum absolute atomic E-state index is 5.95. The summed E-state index contributed by atoms with van der Waals surface area (Å²) in [6.07, 6.45) is 3.50. The highest BCUT2D eigenvalue weighted by Crippen LogP contribution is 2.20. The van der Waals surface area contributed by atoms with E-state index < -0.39 is 0 Å². The van der Waals surface area contributed by atoms with Crippen molar-refractivity contribution in [2.24, 2.45) is 5.84 Å². The van der Waals surface area contributed by atoms with Gasteiger partial charge in [0.2, 0.25) is 0 Å². The maximum Gasteiger partial charge on any atom is 0.0575 e.